The van der Waals surface area contributed by atoms with Crippen LogP contribution in [0.2, 0.25) is 0 Å². The summed E-state index contributed by atoms with van der Waals surface area (Å²) in [6, 6.07) is 5.77. The molecule has 0 saturated carbocycles. The minimum absolute atomic E-state index is 0.00660. The third-order valence-corrected chi connectivity index (χ3v) is 2.58. The molecule has 0 aliphatic rings. The summed E-state index contributed by atoms with van der Waals surface area (Å²) in [5.41, 5.74) is 7.83. The largest absolute Gasteiger partial charge is 0.368 e. The van der Waals surface area contributed by atoms with E-state index in [2.05, 4.69) is 20.2 Å². The Morgan fingerprint density at radius 1 is 1.10 bits per heavy atom. The minimum atomic E-state index is -0.469. The van der Waals surface area contributed by atoms with Crippen LogP contribution in [0.25, 0.3) is 0 Å². The van der Waals surface area contributed by atoms with Gasteiger partial charge in [0.15, 0.2) is 0 Å². The van der Waals surface area contributed by atoms with Crippen LogP contribution in [0.15, 0.2) is 34.5 Å². The van der Waals surface area contributed by atoms with Gasteiger partial charge < -0.3 is 5.73 Å². The molecular weight excluding hydrogens is 260 g/mol. The molecule has 8 heteroatoms. The molecule has 2 N–H and O–H groups in total. The molecule has 1 aromatic heterocycles. The van der Waals surface area contributed by atoms with E-state index in [4.69, 9.17) is 5.73 Å². The van der Waals surface area contributed by atoms with E-state index in [1.165, 1.54) is 24.3 Å². The first-order valence-electron chi connectivity index (χ1n) is 5.74. The summed E-state index contributed by atoms with van der Waals surface area (Å²) < 4.78 is 0. The maximum absolute atomic E-state index is 10.5. The van der Waals surface area contributed by atoms with E-state index in [1.54, 1.807) is 13.8 Å². The number of benzene rings is 1. The number of anilines is 1. The number of nitro benzene ring substituents is 1. The number of rotatable bonds is 3. The third-order valence-electron chi connectivity index (χ3n) is 2.58. The highest BCUT2D eigenvalue weighted by atomic mass is 16.6. The number of nitrogens with two attached hydrogens (primary N) is 1. The van der Waals surface area contributed by atoms with E-state index >= 15 is 0 Å². The average Bonchev–Trinajstić information content (AvgIpc) is 2.38. The molecule has 0 aliphatic carbocycles. The summed E-state index contributed by atoms with van der Waals surface area (Å²) in [5.74, 6) is 0.189. The van der Waals surface area contributed by atoms with Crippen molar-refractivity contribution < 1.29 is 4.92 Å². The Hall–Kier alpha value is -2.90. The first-order chi connectivity index (χ1) is 9.47. The fourth-order valence-corrected chi connectivity index (χ4v) is 1.63. The lowest BCUT2D eigenvalue weighted by atomic mass is 10.3. The topological polar surface area (TPSA) is 120 Å². The molecule has 0 aliphatic heterocycles. The van der Waals surface area contributed by atoms with Gasteiger partial charge in [0.25, 0.3) is 5.69 Å². The Labute approximate surface area is 114 Å². The molecule has 20 heavy (non-hydrogen) atoms. The number of aryl methyl sites for hydroxylation is 2. The molecule has 1 heterocycles. The summed E-state index contributed by atoms with van der Waals surface area (Å²) in [6.45, 7) is 3.52. The standard InChI is InChI=1S/C12H12N6O2/c1-7-11(8(2)15-12(13)14-7)17-16-9-3-5-10(6-4-9)18(19)20/h3-6H,1-2H3,(H2,13,14,15). The van der Waals surface area contributed by atoms with Gasteiger partial charge in [-0.05, 0) is 26.0 Å². The molecule has 0 fully saturated rings. The summed E-state index contributed by atoms with van der Waals surface area (Å²) >= 11 is 0. The molecule has 102 valence electrons. The number of non-ortho nitro benzene ring substituents is 1. The van der Waals surface area contributed by atoms with E-state index in [0.29, 0.717) is 22.8 Å². The highest BCUT2D eigenvalue weighted by Crippen LogP contribution is 2.25. The lowest BCUT2D eigenvalue weighted by Gasteiger charge is -2.02. The Morgan fingerprint density at radius 2 is 1.65 bits per heavy atom. The smallest absolute Gasteiger partial charge is 0.269 e. The van der Waals surface area contributed by atoms with E-state index in [0.717, 1.165) is 0 Å². The maximum Gasteiger partial charge on any atom is 0.269 e. The zero-order valence-corrected chi connectivity index (χ0v) is 10.9. The van der Waals surface area contributed by atoms with Crippen LogP contribution in [-0.2, 0) is 0 Å². The van der Waals surface area contributed by atoms with Crippen molar-refractivity contribution in [2.24, 2.45) is 10.2 Å². The van der Waals surface area contributed by atoms with Crippen LogP contribution in [0.1, 0.15) is 11.4 Å². The number of nitrogen functional groups attached to an aromatic ring is 1. The first kappa shape index (κ1) is 13.5. The van der Waals surface area contributed by atoms with Gasteiger partial charge in [-0.25, -0.2) is 9.97 Å². The molecule has 2 rings (SSSR count). The van der Waals surface area contributed by atoms with Crippen LogP contribution in [0.4, 0.5) is 23.0 Å². The second-order valence-electron chi connectivity index (χ2n) is 4.07. The van der Waals surface area contributed by atoms with Crippen molar-refractivity contribution in [2.75, 3.05) is 5.73 Å². The van der Waals surface area contributed by atoms with Crippen LogP contribution >= 0.6 is 0 Å². The second-order valence-corrected chi connectivity index (χ2v) is 4.07. The van der Waals surface area contributed by atoms with Crippen molar-refractivity contribution in [3.8, 4) is 0 Å². The molecule has 0 unspecified atom stereocenters. The zero-order chi connectivity index (χ0) is 14.7. The molecule has 1 aromatic carbocycles. The molecule has 0 bridgehead atoms. The number of nitrogens with zero attached hydrogens (tertiary/aromatic N) is 5. The lowest BCUT2D eigenvalue weighted by Crippen LogP contribution is -1.98. The third kappa shape index (κ3) is 2.91. The van der Waals surface area contributed by atoms with Gasteiger partial charge >= 0.3 is 0 Å². The summed E-state index contributed by atoms with van der Waals surface area (Å²) in [5, 5.41) is 18.6. The van der Waals surface area contributed by atoms with Gasteiger partial charge in [0, 0.05) is 12.1 Å². The quantitative estimate of drug-likeness (QED) is 0.523. The van der Waals surface area contributed by atoms with E-state index in [-0.39, 0.29) is 11.6 Å². The van der Waals surface area contributed by atoms with Crippen molar-refractivity contribution in [2.45, 2.75) is 13.8 Å². The zero-order valence-electron chi connectivity index (χ0n) is 10.9. The van der Waals surface area contributed by atoms with Crippen LogP contribution in [0.3, 0.4) is 0 Å². The van der Waals surface area contributed by atoms with Crippen LogP contribution in [0, 0.1) is 24.0 Å². The van der Waals surface area contributed by atoms with Crippen molar-refractivity contribution in [1.82, 2.24) is 9.97 Å². The highest BCUT2D eigenvalue weighted by molar-refractivity contribution is 5.49. The van der Waals surface area contributed by atoms with Crippen LogP contribution in [0.5, 0.6) is 0 Å². The van der Waals surface area contributed by atoms with Gasteiger partial charge in [0.05, 0.1) is 22.0 Å². The van der Waals surface area contributed by atoms with E-state index in [9.17, 15) is 10.1 Å². The summed E-state index contributed by atoms with van der Waals surface area (Å²) in [4.78, 5) is 18.1. The van der Waals surface area contributed by atoms with Gasteiger partial charge in [0.1, 0.15) is 5.69 Å². The molecule has 0 saturated heterocycles. The van der Waals surface area contributed by atoms with Crippen molar-refractivity contribution in [3.05, 3.63) is 45.8 Å². The van der Waals surface area contributed by atoms with Gasteiger partial charge in [0.2, 0.25) is 5.95 Å². The molecule has 2 aromatic rings. The van der Waals surface area contributed by atoms with E-state index < -0.39 is 4.92 Å². The Balaban J connectivity index is 2.27. The fourth-order valence-electron chi connectivity index (χ4n) is 1.63. The minimum Gasteiger partial charge on any atom is -0.368 e. The number of nitro groups is 1. The lowest BCUT2D eigenvalue weighted by molar-refractivity contribution is -0.384. The predicted molar refractivity (Wildman–Crippen MR) is 73.2 cm³/mol. The van der Waals surface area contributed by atoms with Crippen LogP contribution in [-0.4, -0.2) is 14.9 Å². The van der Waals surface area contributed by atoms with Crippen LogP contribution < -0.4 is 5.73 Å². The predicted octanol–water partition coefficient (Wildman–Crippen LogP) is 3.00. The Morgan fingerprint density at radius 3 is 2.15 bits per heavy atom. The van der Waals surface area contributed by atoms with Gasteiger partial charge in [-0.1, -0.05) is 0 Å². The Kier molecular flexibility index (Phi) is 3.65. The van der Waals surface area contributed by atoms with Gasteiger partial charge in [-0.3, -0.25) is 10.1 Å². The molecule has 0 radical (unpaired) electrons. The molecule has 8 nitrogen and oxygen atoms in total. The van der Waals surface area contributed by atoms with Gasteiger partial charge in [-0.15, -0.1) is 5.11 Å². The first-order valence-corrected chi connectivity index (χ1v) is 5.74. The van der Waals surface area contributed by atoms with E-state index in [1.807, 2.05) is 0 Å². The maximum atomic E-state index is 10.5. The van der Waals surface area contributed by atoms with Crippen molar-refractivity contribution >= 4 is 23.0 Å². The number of azo groups is 1. The number of aromatic nitrogens is 2. The SMILES string of the molecule is Cc1nc(N)nc(C)c1N=Nc1ccc([N+](=O)[O-])cc1. The van der Waals surface area contributed by atoms with Gasteiger partial charge in [-0.2, -0.15) is 5.11 Å². The molecule has 0 amide bonds. The normalized spacial score (nSPS) is 10.9. The monoisotopic (exact) mass is 272 g/mol. The van der Waals surface area contributed by atoms with Crippen molar-refractivity contribution in [3.63, 3.8) is 0 Å². The number of hydrogen-bond acceptors (Lipinski definition) is 7. The molecular formula is C12H12N6O2. The van der Waals surface area contributed by atoms with Crippen molar-refractivity contribution in [1.29, 1.82) is 0 Å². The second kappa shape index (κ2) is 5.39. The molecule has 0 atom stereocenters. The Bertz CT molecular complexity index is 658. The summed E-state index contributed by atoms with van der Waals surface area (Å²) in [7, 11) is 0. The fraction of sp³-hybridized carbons (Fsp3) is 0.167. The number of hydrogen-bond donors (Lipinski definition) is 1. The molecule has 0 spiro atoms. The average molecular weight is 272 g/mol. The highest BCUT2D eigenvalue weighted by Gasteiger charge is 2.07. The summed E-state index contributed by atoms with van der Waals surface area (Å²) in [6.07, 6.45) is 0.